The van der Waals surface area contributed by atoms with E-state index in [-0.39, 0.29) is 23.9 Å². The number of aromatic nitrogens is 2. The fourth-order valence-corrected chi connectivity index (χ4v) is 4.17. The summed E-state index contributed by atoms with van der Waals surface area (Å²) >= 11 is 5.99. The van der Waals surface area contributed by atoms with Gasteiger partial charge in [0.2, 0.25) is 17.7 Å². The van der Waals surface area contributed by atoms with E-state index in [2.05, 4.69) is 15.3 Å². The highest BCUT2D eigenvalue weighted by molar-refractivity contribution is 6.30. The molecular weight excluding hydrogens is 392 g/mol. The van der Waals surface area contributed by atoms with Crippen LogP contribution in [0, 0.1) is 0 Å². The molecule has 2 amide bonds. The first-order valence-corrected chi connectivity index (χ1v) is 10.3. The largest absolute Gasteiger partial charge is 0.472 e. The van der Waals surface area contributed by atoms with Crippen molar-refractivity contribution in [3.63, 3.8) is 0 Å². The number of hydrogen-bond acceptors (Lipinski definition) is 6. The molecule has 0 bridgehead atoms. The van der Waals surface area contributed by atoms with Gasteiger partial charge in [-0.3, -0.25) is 19.5 Å². The molecule has 1 aliphatic carbocycles. The van der Waals surface area contributed by atoms with Gasteiger partial charge in [0.05, 0.1) is 12.4 Å². The average molecular weight is 415 g/mol. The van der Waals surface area contributed by atoms with Gasteiger partial charge in [0.1, 0.15) is 12.4 Å². The molecule has 1 N–H and O–H groups in total. The van der Waals surface area contributed by atoms with Crippen LogP contribution in [0.15, 0.2) is 36.7 Å². The molecule has 2 aliphatic rings. The molecule has 0 spiro atoms. The lowest BCUT2D eigenvalue weighted by Gasteiger charge is -2.33. The monoisotopic (exact) mass is 414 g/mol. The van der Waals surface area contributed by atoms with Crippen LogP contribution in [0.4, 0.5) is 5.82 Å². The van der Waals surface area contributed by atoms with Crippen LogP contribution in [0.2, 0.25) is 5.02 Å². The molecule has 0 atom stereocenters. The Morgan fingerprint density at radius 1 is 1.10 bits per heavy atom. The summed E-state index contributed by atoms with van der Waals surface area (Å²) in [6.07, 6.45) is 7.33. The van der Waals surface area contributed by atoms with Crippen LogP contribution in [0.1, 0.15) is 44.1 Å². The van der Waals surface area contributed by atoms with Crippen LogP contribution in [0.3, 0.4) is 0 Å². The normalized spacial score (nSPS) is 22.0. The van der Waals surface area contributed by atoms with Crippen molar-refractivity contribution in [2.45, 2.75) is 57.2 Å². The van der Waals surface area contributed by atoms with Crippen LogP contribution in [0.25, 0.3) is 0 Å². The SMILES string of the molecule is O=C1CCC(=O)N1C1CCC(Nc2cncc(OCc3cccc(Cl)c3)n2)CC1. The predicted octanol–water partition coefficient (Wildman–Crippen LogP) is 3.58. The second-order valence-corrected chi connectivity index (χ2v) is 7.90. The van der Waals surface area contributed by atoms with E-state index in [0.717, 1.165) is 31.2 Å². The lowest BCUT2D eigenvalue weighted by Crippen LogP contribution is -2.43. The number of hydrogen-bond donors (Lipinski definition) is 1. The lowest BCUT2D eigenvalue weighted by atomic mass is 9.90. The number of benzene rings is 1. The maximum absolute atomic E-state index is 11.9. The molecule has 0 radical (unpaired) electrons. The average Bonchev–Trinajstić information content (AvgIpc) is 3.06. The predicted molar refractivity (Wildman–Crippen MR) is 109 cm³/mol. The topological polar surface area (TPSA) is 84.4 Å². The van der Waals surface area contributed by atoms with Gasteiger partial charge in [0.25, 0.3) is 0 Å². The zero-order chi connectivity index (χ0) is 20.2. The van der Waals surface area contributed by atoms with Crippen molar-refractivity contribution in [2.75, 3.05) is 5.32 Å². The molecule has 1 saturated carbocycles. The lowest BCUT2D eigenvalue weighted by molar-refractivity contribution is -0.141. The number of rotatable bonds is 6. The number of carbonyl (C=O) groups is 2. The summed E-state index contributed by atoms with van der Waals surface area (Å²) in [7, 11) is 0. The zero-order valence-electron chi connectivity index (χ0n) is 16.0. The third-order valence-corrected chi connectivity index (χ3v) is 5.63. The summed E-state index contributed by atoms with van der Waals surface area (Å²) in [5.74, 6) is 1.05. The molecule has 7 nitrogen and oxygen atoms in total. The van der Waals surface area contributed by atoms with Crippen molar-refractivity contribution in [1.82, 2.24) is 14.9 Å². The number of ether oxygens (including phenoxy) is 1. The van der Waals surface area contributed by atoms with E-state index in [1.54, 1.807) is 12.4 Å². The highest BCUT2D eigenvalue weighted by Crippen LogP contribution is 2.29. The molecule has 29 heavy (non-hydrogen) atoms. The third kappa shape index (κ3) is 4.85. The van der Waals surface area contributed by atoms with Crippen molar-refractivity contribution in [3.8, 4) is 5.88 Å². The van der Waals surface area contributed by atoms with Crippen molar-refractivity contribution >= 4 is 29.2 Å². The second kappa shape index (κ2) is 8.78. The second-order valence-electron chi connectivity index (χ2n) is 7.47. The Hall–Kier alpha value is -2.67. The Balaban J connectivity index is 1.29. The Morgan fingerprint density at radius 3 is 2.59 bits per heavy atom. The van der Waals surface area contributed by atoms with Gasteiger partial charge in [-0.15, -0.1) is 0 Å². The molecular formula is C21H23ClN4O3. The Labute approximate surface area is 174 Å². The fraction of sp³-hybridized carbons (Fsp3) is 0.429. The number of likely N-dealkylation sites (tertiary alicyclic amines) is 1. The van der Waals surface area contributed by atoms with E-state index in [1.807, 2.05) is 24.3 Å². The van der Waals surface area contributed by atoms with Crippen LogP contribution < -0.4 is 10.1 Å². The van der Waals surface area contributed by atoms with E-state index >= 15 is 0 Å². The van der Waals surface area contributed by atoms with Crippen LogP contribution >= 0.6 is 11.6 Å². The highest BCUT2D eigenvalue weighted by atomic mass is 35.5. The Bertz CT molecular complexity index is 883. The first kappa shape index (κ1) is 19.6. The summed E-state index contributed by atoms with van der Waals surface area (Å²) in [5, 5.41) is 4.07. The van der Waals surface area contributed by atoms with Crippen molar-refractivity contribution in [2.24, 2.45) is 0 Å². The molecule has 2 heterocycles. The van der Waals surface area contributed by atoms with Crippen molar-refractivity contribution < 1.29 is 14.3 Å². The summed E-state index contributed by atoms with van der Waals surface area (Å²) in [4.78, 5) is 34.0. The van der Waals surface area contributed by atoms with Crippen LogP contribution in [-0.4, -0.2) is 38.8 Å². The van der Waals surface area contributed by atoms with Crippen molar-refractivity contribution in [3.05, 3.63) is 47.2 Å². The van der Waals surface area contributed by atoms with E-state index in [0.29, 0.717) is 36.2 Å². The molecule has 1 aromatic heterocycles. The molecule has 152 valence electrons. The van der Waals surface area contributed by atoms with Gasteiger partial charge in [-0.25, -0.2) is 0 Å². The van der Waals surface area contributed by atoms with Gasteiger partial charge in [0, 0.05) is 29.9 Å². The van der Waals surface area contributed by atoms with Gasteiger partial charge >= 0.3 is 0 Å². The standard InChI is InChI=1S/C21H23ClN4O3/c22-15-3-1-2-14(10-15)13-29-19-12-23-11-18(25-19)24-16-4-6-17(7-5-16)26-20(27)8-9-21(26)28/h1-3,10-12,16-17H,4-9,13H2,(H,24,25). The molecule has 0 unspecified atom stereocenters. The summed E-state index contributed by atoms with van der Waals surface area (Å²) in [6, 6.07) is 7.76. The number of nitrogens with one attached hydrogen (secondary N) is 1. The van der Waals surface area contributed by atoms with Gasteiger partial charge < -0.3 is 10.1 Å². The number of amides is 2. The molecule has 8 heteroatoms. The molecule has 4 rings (SSSR count). The van der Waals surface area contributed by atoms with E-state index in [9.17, 15) is 9.59 Å². The number of anilines is 1. The van der Waals surface area contributed by atoms with Gasteiger partial charge in [-0.2, -0.15) is 4.98 Å². The summed E-state index contributed by atoms with van der Waals surface area (Å²) < 4.78 is 5.73. The fourth-order valence-electron chi connectivity index (χ4n) is 3.96. The molecule has 1 aliphatic heterocycles. The van der Waals surface area contributed by atoms with Crippen LogP contribution in [0.5, 0.6) is 5.88 Å². The Kier molecular flexibility index (Phi) is 5.94. The number of imide groups is 1. The summed E-state index contributed by atoms with van der Waals surface area (Å²) in [6.45, 7) is 0.363. The van der Waals surface area contributed by atoms with E-state index in [4.69, 9.17) is 16.3 Å². The first-order chi connectivity index (χ1) is 14.1. The minimum absolute atomic E-state index is 0.0261. The maximum Gasteiger partial charge on any atom is 0.234 e. The first-order valence-electron chi connectivity index (χ1n) is 9.89. The van der Waals surface area contributed by atoms with Gasteiger partial charge in [0.15, 0.2) is 0 Å². The van der Waals surface area contributed by atoms with E-state index < -0.39 is 0 Å². The van der Waals surface area contributed by atoms with Crippen LogP contribution in [-0.2, 0) is 16.2 Å². The number of halogens is 1. The molecule has 1 aromatic carbocycles. The van der Waals surface area contributed by atoms with Gasteiger partial charge in [-0.05, 0) is 43.4 Å². The number of nitrogens with zero attached hydrogens (tertiary/aromatic N) is 3. The molecule has 1 saturated heterocycles. The number of carbonyl (C=O) groups excluding carboxylic acids is 2. The zero-order valence-corrected chi connectivity index (χ0v) is 16.8. The summed E-state index contributed by atoms with van der Waals surface area (Å²) in [5.41, 5.74) is 0.960. The van der Waals surface area contributed by atoms with Crippen molar-refractivity contribution in [1.29, 1.82) is 0 Å². The van der Waals surface area contributed by atoms with E-state index in [1.165, 1.54) is 4.90 Å². The quantitative estimate of drug-likeness (QED) is 0.727. The van der Waals surface area contributed by atoms with Gasteiger partial charge in [-0.1, -0.05) is 23.7 Å². The Morgan fingerprint density at radius 2 is 1.86 bits per heavy atom. The molecule has 2 aromatic rings. The smallest absolute Gasteiger partial charge is 0.234 e. The minimum atomic E-state index is -0.0261. The third-order valence-electron chi connectivity index (χ3n) is 5.39. The minimum Gasteiger partial charge on any atom is -0.472 e. The highest BCUT2D eigenvalue weighted by Gasteiger charge is 2.36. The maximum atomic E-state index is 11.9. The molecule has 2 fully saturated rings.